The molecule has 74 valence electrons. The molecule has 0 aliphatic carbocycles. The van der Waals surface area contributed by atoms with E-state index in [0.29, 0.717) is 5.56 Å². The first-order valence-electron chi connectivity index (χ1n) is 4.02. The molecule has 1 rings (SSSR count). The summed E-state index contributed by atoms with van der Waals surface area (Å²) in [6, 6.07) is 4.44. The lowest BCUT2D eigenvalue weighted by molar-refractivity contribution is -0.138. The molecule has 0 spiro atoms. The number of nitroso groups, excluding NO2 is 1. The molecular formula is C9H10N2O3. The quantitative estimate of drug-likeness (QED) is 0.567. The molecule has 0 radical (unpaired) electrons. The van der Waals surface area contributed by atoms with Crippen LogP contribution in [0.5, 0.6) is 0 Å². The summed E-state index contributed by atoms with van der Waals surface area (Å²) in [6.07, 6.45) is 0. The van der Waals surface area contributed by atoms with Crippen LogP contribution in [-0.4, -0.2) is 11.1 Å². The van der Waals surface area contributed by atoms with Gasteiger partial charge >= 0.3 is 5.97 Å². The van der Waals surface area contributed by atoms with E-state index >= 15 is 0 Å². The van der Waals surface area contributed by atoms with Gasteiger partial charge < -0.3 is 10.8 Å². The lowest BCUT2D eigenvalue weighted by Gasteiger charge is -2.07. The Morgan fingerprint density at radius 1 is 1.57 bits per heavy atom. The molecule has 0 aliphatic heterocycles. The minimum Gasteiger partial charge on any atom is -0.481 e. The van der Waals surface area contributed by atoms with E-state index in [9.17, 15) is 9.70 Å². The van der Waals surface area contributed by atoms with Gasteiger partial charge in [0.25, 0.3) is 0 Å². The Hall–Kier alpha value is -1.91. The van der Waals surface area contributed by atoms with Crippen LogP contribution in [0.15, 0.2) is 23.4 Å². The fourth-order valence-corrected chi connectivity index (χ4v) is 1.05. The number of carboxylic acids is 1. The van der Waals surface area contributed by atoms with Gasteiger partial charge in [-0.25, -0.2) is 0 Å². The summed E-state index contributed by atoms with van der Waals surface area (Å²) < 4.78 is 0. The second kappa shape index (κ2) is 3.87. The molecule has 1 atom stereocenters. The van der Waals surface area contributed by atoms with E-state index in [-0.39, 0.29) is 11.4 Å². The summed E-state index contributed by atoms with van der Waals surface area (Å²) in [6.45, 7) is 1.53. The van der Waals surface area contributed by atoms with Crippen LogP contribution >= 0.6 is 0 Å². The Bertz CT molecular complexity index is 376. The van der Waals surface area contributed by atoms with Crippen molar-refractivity contribution in [2.75, 3.05) is 5.73 Å². The van der Waals surface area contributed by atoms with Gasteiger partial charge in [-0.1, -0.05) is 6.07 Å². The minimum absolute atomic E-state index is 0.0793. The Kier molecular flexibility index (Phi) is 2.81. The number of carboxylic acid groups (broad SMARTS) is 1. The highest BCUT2D eigenvalue weighted by Crippen LogP contribution is 2.26. The van der Waals surface area contributed by atoms with Gasteiger partial charge in [0.15, 0.2) is 0 Å². The molecule has 0 saturated carbocycles. The van der Waals surface area contributed by atoms with Crippen molar-refractivity contribution >= 4 is 17.3 Å². The van der Waals surface area contributed by atoms with Crippen molar-refractivity contribution < 1.29 is 9.90 Å². The fourth-order valence-electron chi connectivity index (χ4n) is 1.05. The van der Waals surface area contributed by atoms with E-state index in [1.165, 1.54) is 19.1 Å². The van der Waals surface area contributed by atoms with Crippen LogP contribution < -0.4 is 5.73 Å². The fraction of sp³-hybridized carbons (Fsp3) is 0.222. The average Bonchev–Trinajstić information content (AvgIpc) is 2.17. The van der Waals surface area contributed by atoms with Gasteiger partial charge in [0.1, 0.15) is 5.69 Å². The molecule has 0 amide bonds. The summed E-state index contributed by atoms with van der Waals surface area (Å²) in [5, 5.41) is 11.4. The number of carbonyl (C=O) groups is 1. The minimum atomic E-state index is -0.952. The van der Waals surface area contributed by atoms with Crippen LogP contribution in [0.3, 0.4) is 0 Å². The van der Waals surface area contributed by atoms with Crippen LogP contribution in [-0.2, 0) is 4.79 Å². The topological polar surface area (TPSA) is 92.8 Å². The number of aliphatic carboxylic acids is 1. The number of nitrogens with two attached hydrogens (primary N) is 1. The number of hydrogen-bond acceptors (Lipinski definition) is 4. The largest absolute Gasteiger partial charge is 0.481 e. The molecule has 3 N–H and O–H groups in total. The Balaban J connectivity index is 3.12. The molecular weight excluding hydrogens is 184 g/mol. The molecule has 0 bridgehead atoms. The summed E-state index contributed by atoms with van der Waals surface area (Å²) in [5.41, 5.74) is 6.28. The van der Waals surface area contributed by atoms with Gasteiger partial charge in [-0.3, -0.25) is 4.79 Å². The number of nitrogen functional groups attached to an aromatic ring is 1. The highest BCUT2D eigenvalue weighted by molar-refractivity contribution is 5.77. The normalized spacial score (nSPS) is 12.1. The summed E-state index contributed by atoms with van der Waals surface area (Å²) in [4.78, 5) is 20.9. The van der Waals surface area contributed by atoms with Crippen LogP contribution in [0.25, 0.3) is 0 Å². The smallest absolute Gasteiger partial charge is 0.310 e. The number of anilines is 1. The summed E-state index contributed by atoms with van der Waals surface area (Å²) in [7, 11) is 0. The van der Waals surface area contributed by atoms with Gasteiger partial charge in [-0.2, -0.15) is 0 Å². The maximum absolute atomic E-state index is 10.6. The Morgan fingerprint density at radius 2 is 2.21 bits per heavy atom. The van der Waals surface area contributed by atoms with E-state index in [4.69, 9.17) is 10.8 Å². The van der Waals surface area contributed by atoms with Crippen molar-refractivity contribution in [3.8, 4) is 0 Å². The first-order chi connectivity index (χ1) is 6.56. The van der Waals surface area contributed by atoms with Crippen LogP contribution in [0.2, 0.25) is 0 Å². The standard InChI is InChI=1S/C9H10N2O3/c1-5(9(12)13)6-2-3-7(10)8(4-6)11-14/h2-5H,10H2,1H3,(H,12,13). The van der Waals surface area contributed by atoms with Gasteiger partial charge in [0.05, 0.1) is 11.6 Å². The highest BCUT2D eigenvalue weighted by Gasteiger charge is 2.14. The van der Waals surface area contributed by atoms with Gasteiger partial charge in [-0.15, -0.1) is 4.91 Å². The molecule has 5 nitrogen and oxygen atoms in total. The lowest BCUT2D eigenvalue weighted by Crippen LogP contribution is -2.07. The van der Waals surface area contributed by atoms with Gasteiger partial charge in [0.2, 0.25) is 0 Å². The number of benzene rings is 1. The van der Waals surface area contributed by atoms with Crippen LogP contribution in [0.1, 0.15) is 18.4 Å². The number of hydrogen-bond donors (Lipinski definition) is 2. The second-order valence-electron chi connectivity index (χ2n) is 2.97. The third-order valence-corrected chi connectivity index (χ3v) is 2.02. The molecule has 1 unspecified atom stereocenters. The zero-order valence-corrected chi connectivity index (χ0v) is 7.60. The molecule has 0 fully saturated rings. The molecule has 1 aromatic rings. The lowest BCUT2D eigenvalue weighted by atomic mass is 10.0. The van der Waals surface area contributed by atoms with Crippen LogP contribution in [0.4, 0.5) is 11.4 Å². The van der Waals surface area contributed by atoms with E-state index in [1.54, 1.807) is 6.07 Å². The van der Waals surface area contributed by atoms with Crippen molar-refractivity contribution in [1.82, 2.24) is 0 Å². The van der Waals surface area contributed by atoms with E-state index in [0.717, 1.165) is 0 Å². The average molecular weight is 194 g/mol. The molecule has 0 aromatic heterocycles. The van der Waals surface area contributed by atoms with E-state index < -0.39 is 11.9 Å². The van der Waals surface area contributed by atoms with Crippen molar-refractivity contribution in [1.29, 1.82) is 0 Å². The SMILES string of the molecule is CC(C(=O)O)c1ccc(N)c(N=O)c1. The number of rotatable bonds is 3. The zero-order chi connectivity index (χ0) is 10.7. The zero-order valence-electron chi connectivity index (χ0n) is 7.60. The molecule has 0 heterocycles. The van der Waals surface area contributed by atoms with Crippen molar-refractivity contribution in [2.45, 2.75) is 12.8 Å². The summed E-state index contributed by atoms with van der Waals surface area (Å²) >= 11 is 0. The Morgan fingerprint density at radius 3 is 2.71 bits per heavy atom. The van der Waals surface area contributed by atoms with Crippen molar-refractivity contribution in [3.05, 3.63) is 28.7 Å². The molecule has 0 aliphatic rings. The predicted octanol–water partition coefficient (Wildman–Crippen LogP) is 1.85. The van der Waals surface area contributed by atoms with Crippen molar-refractivity contribution in [3.63, 3.8) is 0 Å². The maximum atomic E-state index is 10.6. The second-order valence-corrected chi connectivity index (χ2v) is 2.97. The van der Waals surface area contributed by atoms with E-state index in [1.807, 2.05) is 0 Å². The molecule has 14 heavy (non-hydrogen) atoms. The third-order valence-electron chi connectivity index (χ3n) is 2.02. The van der Waals surface area contributed by atoms with Crippen LogP contribution in [0, 0.1) is 4.91 Å². The monoisotopic (exact) mass is 194 g/mol. The Labute approximate surface area is 80.5 Å². The number of nitrogens with zero attached hydrogens (tertiary/aromatic N) is 1. The molecule has 0 saturated heterocycles. The van der Waals surface area contributed by atoms with Gasteiger partial charge in [-0.05, 0) is 29.8 Å². The van der Waals surface area contributed by atoms with Gasteiger partial charge in [0, 0.05) is 0 Å². The van der Waals surface area contributed by atoms with Crippen molar-refractivity contribution in [2.24, 2.45) is 5.18 Å². The maximum Gasteiger partial charge on any atom is 0.310 e. The molecule has 5 heteroatoms. The third kappa shape index (κ3) is 1.87. The predicted molar refractivity (Wildman–Crippen MR) is 52.4 cm³/mol. The molecule has 1 aromatic carbocycles. The first-order valence-corrected chi connectivity index (χ1v) is 4.02. The first kappa shape index (κ1) is 10.2. The highest BCUT2D eigenvalue weighted by atomic mass is 16.4. The van der Waals surface area contributed by atoms with E-state index in [2.05, 4.69) is 5.18 Å². The summed E-state index contributed by atoms with van der Waals surface area (Å²) in [5.74, 6) is -1.62.